The van der Waals surface area contributed by atoms with Crippen LogP contribution in [0.5, 0.6) is 0 Å². The van der Waals surface area contributed by atoms with Gasteiger partial charge in [0, 0.05) is 4.90 Å². The van der Waals surface area contributed by atoms with Gasteiger partial charge in [0.1, 0.15) is 0 Å². The highest BCUT2D eigenvalue weighted by Crippen LogP contribution is 2.30. The van der Waals surface area contributed by atoms with Crippen molar-refractivity contribution < 1.29 is 14.3 Å². The maximum absolute atomic E-state index is 10.7. The highest BCUT2D eigenvalue weighted by molar-refractivity contribution is 7.99. The lowest BCUT2D eigenvalue weighted by Gasteiger charge is -2.01. The number of aromatic carboxylic acids is 1. The number of nitrogens with zero attached hydrogens (tertiary/aromatic N) is 1. The van der Waals surface area contributed by atoms with E-state index in [4.69, 9.17) is 14.8 Å². The van der Waals surface area contributed by atoms with Gasteiger partial charge in [-0.05, 0) is 42.8 Å². The van der Waals surface area contributed by atoms with Crippen LogP contribution in [0, 0.1) is 18.3 Å². The molecule has 5 heteroatoms. The van der Waals surface area contributed by atoms with Gasteiger partial charge in [0.2, 0.25) is 5.76 Å². The third-order valence-electron chi connectivity index (χ3n) is 2.33. The van der Waals surface area contributed by atoms with Crippen molar-refractivity contribution in [3.63, 3.8) is 0 Å². The third-order valence-corrected chi connectivity index (χ3v) is 3.24. The number of hydrogen-bond donors (Lipinski definition) is 1. The lowest BCUT2D eigenvalue weighted by Crippen LogP contribution is -1.91. The summed E-state index contributed by atoms with van der Waals surface area (Å²) in [4.78, 5) is 11.6. The molecule has 18 heavy (non-hydrogen) atoms. The number of benzene rings is 1. The first-order valence-electron chi connectivity index (χ1n) is 5.12. The van der Waals surface area contributed by atoms with Crippen LogP contribution < -0.4 is 0 Å². The Morgan fingerprint density at radius 3 is 2.72 bits per heavy atom. The third kappa shape index (κ3) is 2.55. The molecule has 0 unspecified atom stereocenters. The zero-order valence-corrected chi connectivity index (χ0v) is 10.3. The van der Waals surface area contributed by atoms with Gasteiger partial charge in [-0.1, -0.05) is 11.8 Å². The Hall–Kier alpha value is -2.19. The van der Waals surface area contributed by atoms with Gasteiger partial charge >= 0.3 is 5.97 Å². The maximum Gasteiger partial charge on any atom is 0.371 e. The molecular weight excluding hydrogens is 250 g/mol. The fraction of sp³-hybridized carbons (Fsp3) is 0.0769. The van der Waals surface area contributed by atoms with E-state index in [1.807, 2.05) is 13.0 Å². The second-order valence-corrected chi connectivity index (χ2v) is 4.69. The number of rotatable bonds is 3. The molecule has 2 aromatic rings. The molecule has 0 saturated carbocycles. The van der Waals surface area contributed by atoms with Gasteiger partial charge in [-0.3, -0.25) is 0 Å². The Morgan fingerprint density at radius 1 is 1.39 bits per heavy atom. The Bertz CT molecular complexity index is 640. The van der Waals surface area contributed by atoms with Crippen molar-refractivity contribution in [1.29, 1.82) is 5.26 Å². The molecule has 0 bridgehead atoms. The Morgan fingerprint density at radius 2 is 2.17 bits per heavy atom. The number of hydrogen-bond acceptors (Lipinski definition) is 4. The molecule has 4 nitrogen and oxygen atoms in total. The van der Waals surface area contributed by atoms with Crippen LogP contribution in [0.15, 0.2) is 44.7 Å². The summed E-state index contributed by atoms with van der Waals surface area (Å²) in [6, 6.07) is 10.5. The minimum Gasteiger partial charge on any atom is -0.475 e. The summed E-state index contributed by atoms with van der Waals surface area (Å²) < 4.78 is 5.14. The molecule has 0 aliphatic carbocycles. The number of carboxylic acid groups (broad SMARTS) is 1. The summed E-state index contributed by atoms with van der Waals surface area (Å²) in [5.74, 6) is -1.17. The van der Waals surface area contributed by atoms with Crippen LogP contribution in [0.4, 0.5) is 0 Å². The molecule has 90 valence electrons. The minimum absolute atomic E-state index is 0.0807. The van der Waals surface area contributed by atoms with Crippen LogP contribution in [0.3, 0.4) is 0 Å². The molecule has 0 atom stereocenters. The van der Waals surface area contributed by atoms with Gasteiger partial charge in [-0.25, -0.2) is 4.79 Å². The van der Waals surface area contributed by atoms with Crippen molar-refractivity contribution in [3.8, 4) is 6.07 Å². The average molecular weight is 259 g/mol. The van der Waals surface area contributed by atoms with E-state index in [0.717, 1.165) is 10.5 Å². The van der Waals surface area contributed by atoms with Crippen molar-refractivity contribution in [3.05, 3.63) is 47.2 Å². The fourth-order valence-corrected chi connectivity index (χ4v) is 2.30. The van der Waals surface area contributed by atoms with Crippen LogP contribution in [0.1, 0.15) is 21.7 Å². The molecule has 0 radical (unpaired) electrons. The van der Waals surface area contributed by atoms with E-state index in [0.29, 0.717) is 10.7 Å². The SMILES string of the molecule is Cc1cc(Sc2ccc(C(=O)O)o2)ccc1C#N. The first kappa shape index (κ1) is 12.3. The highest BCUT2D eigenvalue weighted by atomic mass is 32.2. The molecule has 0 aliphatic rings. The summed E-state index contributed by atoms with van der Waals surface area (Å²) in [7, 11) is 0. The predicted molar refractivity (Wildman–Crippen MR) is 65.7 cm³/mol. The molecule has 1 heterocycles. The zero-order chi connectivity index (χ0) is 13.1. The molecule has 0 fully saturated rings. The molecule has 0 amide bonds. The number of carbonyl (C=O) groups is 1. The predicted octanol–water partition coefficient (Wildman–Crippen LogP) is 3.31. The average Bonchev–Trinajstić information content (AvgIpc) is 2.78. The van der Waals surface area contributed by atoms with E-state index < -0.39 is 5.97 Å². The van der Waals surface area contributed by atoms with E-state index in [-0.39, 0.29) is 5.76 Å². The fourth-order valence-electron chi connectivity index (χ4n) is 1.43. The first-order chi connectivity index (χ1) is 8.60. The van der Waals surface area contributed by atoms with Crippen molar-refractivity contribution in [1.82, 2.24) is 0 Å². The summed E-state index contributed by atoms with van der Waals surface area (Å²) in [6.07, 6.45) is 0. The van der Waals surface area contributed by atoms with E-state index in [2.05, 4.69) is 6.07 Å². The van der Waals surface area contributed by atoms with Gasteiger partial charge in [-0.2, -0.15) is 5.26 Å². The lowest BCUT2D eigenvalue weighted by molar-refractivity contribution is 0.0656. The number of carboxylic acids is 1. The quantitative estimate of drug-likeness (QED) is 0.915. The molecule has 1 aromatic heterocycles. The largest absolute Gasteiger partial charge is 0.475 e. The first-order valence-corrected chi connectivity index (χ1v) is 5.93. The van der Waals surface area contributed by atoms with E-state index >= 15 is 0 Å². The van der Waals surface area contributed by atoms with Gasteiger partial charge in [0.05, 0.1) is 11.6 Å². The van der Waals surface area contributed by atoms with Crippen molar-refractivity contribution in [2.24, 2.45) is 0 Å². The summed E-state index contributed by atoms with van der Waals surface area (Å²) in [5, 5.41) is 18.1. The van der Waals surface area contributed by atoms with Crippen LogP contribution in [0.2, 0.25) is 0 Å². The van der Waals surface area contributed by atoms with Gasteiger partial charge in [-0.15, -0.1) is 0 Å². The van der Waals surface area contributed by atoms with Crippen LogP contribution in [0.25, 0.3) is 0 Å². The van der Waals surface area contributed by atoms with Gasteiger partial charge < -0.3 is 9.52 Å². The lowest BCUT2D eigenvalue weighted by atomic mass is 10.1. The van der Waals surface area contributed by atoms with E-state index in [1.54, 1.807) is 18.2 Å². The Kier molecular flexibility index (Phi) is 3.40. The molecule has 1 aromatic carbocycles. The summed E-state index contributed by atoms with van der Waals surface area (Å²) >= 11 is 1.32. The Balaban J connectivity index is 2.21. The molecule has 0 saturated heterocycles. The van der Waals surface area contributed by atoms with Gasteiger partial charge in [0.25, 0.3) is 0 Å². The number of nitriles is 1. The molecule has 2 rings (SSSR count). The normalized spacial score (nSPS) is 10.0. The topological polar surface area (TPSA) is 74.2 Å². The zero-order valence-electron chi connectivity index (χ0n) is 9.51. The summed E-state index contributed by atoms with van der Waals surface area (Å²) in [5.41, 5.74) is 1.51. The molecule has 0 spiro atoms. The second-order valence-electron chi connectivity index (χ2n) is 3.61. The molecule has 1 N–H and O–H groups in total. The van der Waals surface area contributed by atoms with E-state index in [9.17, 15) is 4.79 Å². The highest BCUT2D eigenvalue weighted by Gasteiger charge is 2.10. The van der Waals surface area contributed by atoms with Crippen molar-refractivity contribution in [2.45, 2.75) is 16.9 Å². The summed E-state index contributed by atoms with van der Waals surface area (Å²) in [6.45, 7) is 1.85. The molecule has 0 aliphatic heterocycles. The Labute approximate surface area is 108 Å². The van der Waals surface area contributed by atoms with Crippen molar-refractivity contribution in [2.75, 3.05) is 0 Å². The van der Waals surface area contributed by atoms with Crippen molar-refractivity contribution >= 4 is 17.7 Å². The maximum atomic E-state index is 10.7. The van der Waals surface area contributed by atoms with E-state index in [1.165, 1.54) is 17.8 Å². The van der Waals surface area contributed by atoms with Crippen LogP contribution in [-0.2, 0) is 0 Å². The number of aryl methyl sites for hydroxylation is 1. The van der Waals surface area contributed by atoms with Crippen LogP contribution >= 0.6 is 11.8 Å². The smallest absolute Gasteiger partial charge is 0.371 e. The monoisotopic (exact) mass is 259 g/mol. The minimum atomic E-state index is -1.09. The number of furan rings is 1. The van der Waals surface area contributed by atoms with Gasteiger partial charge in [0.15, 0.2) is 5.09 Å². The molecular formula is C13H9NO3S. The van der Waals surface area contributed by atoms with Crippen LogP contribution in [-0.4, -0.2) is 11.1 Å². The second kappa shape index (κ2) is 4.98. The standard InChI is InChI=1S/C13H9NO3S/c1-8-6-10(3-2-9(8)7-14)18-12-5-4-11(17-12)13(15)16/h2-6H,1H3,(H,15,16).